The molecule has 18 heavy (non-hydrogen) atoms. The quantitative estimate of drug-likeness (QED) is 0.736. The number of anilines is 2. The molecule has 0 saturated heterocycles. The van der Waals surface area contributed by atoms with E-state index in [1.165, 1.54) is 0 Å². The summed E-state index contributed by atoms with van der Waals surface area (Å²) in [7, 11) is 1.73. The highest BCUT2D eigenvalue weighted by Crippen LogP contribution is 2.45. The van der Waals surface area contributed by atoms with Crippen LogP contribution in [0.3, 0.4) is 0 Å². The van der Waals surface area contributed by atoms with Crippen molar-refractivity contribution in [2.45, 2.75) is 20.8 Å². The first-order valence-corrected chi connectivity index (χ1v) is 6.22. The first kappa shape index (κ1) is 13.0. The van der Waals surface area contributed by atoms with Crippen LogP contribution in [0.25, 0.3) is 0 Å². The second-order valence-electron chi connectivity index (χ2n) is 4.76. The van der Waals surface area contributed by atoms with Gasteiger partial charge in [0, 0.05) is 7.05 Å². The van der Waals surface area contributed by atoms with Gasteiger partial charge in [0.15, 0.2) is 5.75 Å². The van der Waals surface area contributed by atoms with Crippen molar-refractivity contribution in [1.82, 2.24) is 0 Å². The molecule has 0 radical (unpaired) electrons. The monoisotopic (exact) mass is 268 g/mol. The third kappa shape index (κ3) is 1.72. The number of rotatable bonds is 0. The number of amides is 1. The average molecular weight is 269 g/mol. The highest BCUT2D eigenvalue weighted by Gasteiger charge is 2.30. The number of benzene rings is 1. The number of hydrogen-bond donors (Lipinski definition) is 1. The van der Waals surface area contributed by atoms with Crippen LogP contribution in [0.4, 0.5) is 11.4 Å². The third-order valence-electron chi connectivity index (χ3n) is 3.44. The number of halogens is 1. The third-order valence-corrected chi connectivity index (χ3v) is 4.01. The summed E-state index contributed by atoms with van der Waals surface area (Å²) in [5, 5.41) is 0.587. The molecule has 1 aromatic rings. The number of fused-ring (bicyclic) bond motifs is 1. The van der Waals surface area contributed by atoms with Gasteiger partial charge >= 0.3 is 0 Å². The second-order valence-corrected chi connectivity index (χ2v) is 5.14. The van der Waals surface area contributed by atoms with Crippen molar-refractivity contribution in [2.24, 2.45) is 5.92 Å². The van der Waals surface area contributed by atoms with Crippen LogP contribution in [0.2, 0.25) is 5.02 Å². The van der Waals surface area contributed by atoms with E-state index in [1.807, 2.05) is 20.8 Å². The van der Waals surface area contributed by atoms with Crippen LogP contribution in [0, 0.1) is 19.8 Å². The van der Waals surface area contributed by atoms with Gasteiger partial charge in [0.2, 0.25) is 5.91 Å². The predicted octanol–water partition coefficient (Wildman–Crippen LogP) is 2.53. The van der Waals surface area contributed by atoms with E-state index < -0.39 is 0 Å². The lowest BCUT2D eigenvalue weighted by molar-refractivity contribution is -0.122. The van der Waals surface area contributed by atoms with Crippen LogP contribution in [0.15, 0.2) is 0 Å². The summed E-state index contributed by atoms with van der Waals surface area (Å²) < 4.78 is 5.70. The summed E-state index contributed by atoms with van der Waals surface area (Å²) in [6, 6.07) is 0. The number of nitrogen functional groups attached to an aromatic ring is 1. The molecule has 2 N–H and O–H groups in total. The van der Waals surface area contributed by atoms with Crippen molar-refractivity contribution in [3.8, 4) is 5.75 Å². The second kappa shape index (κ2) is 4.35. The molecule has 1 unspecified atom stereocenters. The maximum atomic E-state index is 12.1. The van der Waals surface area contributed by atoms with Crippen molar-refractivity contribution in [1.29, 1.82) is 0 Å². The zero-order valence-electron chi connectivity index (χ0n) is 11.0. The molecule has 1 aromatic carbocycles. The lowest BCUT2D eigenvalue weighted by Crippen LogP contribution is -2.32. The SMILES string of the molecule is Cc1c(N)c2c(c(C)c1Cl)N(C)C(=O)C(C)CO2. The smallest absolute Gasteiger partial charge is 0.233 e. The van der Waals surface area contributed by atoms with Gasteiger partial charge in [0.05, 0.1) is 28.9 Å². The van der Waals surface area contributed by atoms with Crippen LogP contribution >= 0.6 is 11.6 Å². The fourth-order valence-corrected chi connectivity index (χ4v) is 2.43. The van der Waals surface area contributed by atoms with Crippen molar-refractivity contribution < 1.29 is 9.53 Å². The van der Waals surface area contributed by atoms with Crippen molar-refractivity contribution in [3.05, 3.63) is 16.1 Å². The lowest BCUT2D eigenvalue weighted by atomic mass is 10.1. The predicted molar refractivity (Wildman–Crippen MR) is 73.4 cm³/mol. The van der Waals surface area contributed by atoms with E-state index in [0.29, 0.717) is 28.8 Å². The lowest BCUT2D eigenvalue weighted by Gasteiger charge is -2.23. The van der Waals surface area contributed by atoms with Crippen LogP contribution in [0.1, 0.15) is 18.1 Å². The number of nitrogens with two attached hydrogens (primary N) is 1. The average Bonchev–Trinajstić information content (AvgIpc) is 2.46. The molecule has 0 spiro atoms. The Morgan fingerprint density at radius 1 is 1.39 bits per heavy atom. The highest BCUT2D eigenvalue weighted by atomic mass is 35.5. The molecule has 1 amide bonds. The molecule has 5 heteroatoms. The number of hydrogen-bond acceptors (Lipinski definition) is 3. The number of nitrogens with zero attached hydrogens (tertiary/aromatic N) is 1. The van der Waals surface area contributed by atoms with E-state index in [1.54, 1.807) is 11.9 Å². The van der Waals surface area contributed by atoms with E-state index in [9.17, 15) is 4.79 Å². The Balaban J connectivity index is 2.74. The summed E-state index contributed by atoms with van der Waals surface area (Å²) in [5.41, 5.74) is 8.85. The van der Waals surface area contributed by atoms with Crippen LogP contribution in [-0.4, -0.2) is 19.6 Å². The minimum atomic E-state index is -0.194. The Morgan fingerprint density at radius 3 is 2.61 bits per heavy atom. The molecular weight excluding hydrogens is 252 g/mol. The summed E-state index contributed by atoms with van der Waals surface area (Å²) >= 11 is 6.25. The van der Waals surface area contributed by atoms with Gasteiger partial charge in [0.25, 0.3) is 0 Å². The summed E-state index contributed by atoms with van der Waals surface area (Å²) in [4.78, 5) is 13.7. The summed E-state index contributed by atoms with van der Waals surface area (Å²) in [5.74, 6) is 0.381. The molecule has 0 fully saturated rings. The molecule has 0 aromatic heterocycles. The Morgan fingerprint density at radius 2 is 2.00 bits per heavy atom. The maximum absolute atomic E-state index is 12.1. The van der Waals surface area contributed by atoms with E-state index >= 15 is 0 Å². The topological polar surface area (TPSA) is 55.6 Å². The van der Waals surface area contributed by atoms with Crippen LogP contribution in [-0.2, 0) is 4.79 Å². The fourth-order valence-electron chi connectivity index (χ4n) is 2.24. The molecule has 0 bridgehead atoms. The van der Waals surface area contributed by atoms with E-state index in [-0.39, 0.29) is 11.8 Å². The molecule has 2 rings (SSSR count). The van der Waals surface area contributed by atoms with Crippen molar-refractivity contribution in [2.75, 3.05) is 24.3 Å². The van der Waals surface area contributed by atoms with Gasteiger partial charge < -0.3 is 15.4 Å². The molecule has 1 aliphatic heterocycles. The van der Waals surface area contributed by atoms with Crippen LogP contribution < -0.4 is 15.4 Å². The Labute approximate surface area is 112 Å². The zero-order valence-corrected chi connectivity index (χ0v) is 11.8. The summed E-state index contributed by atoms with van der Waals surface area (Å²) in [6.45, 7) is 5.90. The van der Waals surface area contributed by atoms with E-state index in [2.05, 4.69) is 0 Å². The van der Waals surface area contributed by atoms with Gasteiger partial charge in [-0.05, 0) is 25.0 Å². The molecular formula is C13H17ClN2O2. The Kier molecular flexibility index (Phi) is 3.15. The van der Waals surface area contributed by atoms with Crippen molar-refractivity contribution in [3.63, 3.8) is 0 Å². The first-order valence-electron chi connectivity index (χ1n) is 5.84. The molecule has 0 aliphatic carbocycles. The van der Waals surface area contributed by atoms with Crippen molar-refractivity contribution >= 4 is 28.9 Å². The Bertz CT molecular complexity index is 528. The normalized spacial score (nSPS) is 19.3. The van der Waals surface area contributed by atoms with E-state index in [4.69, 9.17) is 22.1 Å². The minimum absolute atomic E-state index is 0.0103. The fraction of sp³-hybridized carbons (Fsp3) is 0.462. The van der Waals surface area contributed by atoms with Gasteiger partial charge in [-0.15, -0.1) is 0 Å². The van der Waals surface area contributed by atoms with Gasteiger partial charge in [0.1, 0.15) is 0 Å². The number of carbonyl (C=O) groups is 1. The molecule has 1 heterocycles. The first-order chi connectivity index (χ1) is 8.36. The molecule has 4 nitrogen and oxygen atoms in total. The van der Waals surface area contributed by atoms with E-state index in [0.717, 1.165) is 11.1 Å². The molecule has 0 saturated carbocycles. The highest BCUT2D eigenvalue weighted by molar-refractivity contribution is 6.33. The standard InChI is InChI=1S/C13H17ClN2O2/c1-6-5-18-12-10(15)7(2)9(14)8(3)11(12)16(4)13(6)17/h6H,5,15H2,1-4H3. The van der Waals surface area contributed by atoms with Gasteiger partial charge in [-0.25, -0.2) is 0 Å². The molecule has 1 atom stereocenters. The van der Waals surface area contributed by atoms with Gasteiger partial charge in [-0.3, -0.25) is 4.79 Å². The number of carbonyl (C=O) groups excluding carboxylic acids is 1. The number of ether oxygens (including phenoxy) is 1. The van der Waals surface area contributed by atoms with Gasteiger partial charge in [-0.2, -0.15) is 0 Å². The Hall–Kier alpha value is -1.42. The molecule has 1 aliphatic rings. The maximum Gasteiger partial charge on any atom is 0.233 e. The van der Waals surface area contributed by atoms with Gasteiger partial charge in [-0.1, -0.05) is 18.5 Å². The molecule has 98 valence electrons. The zero-order chi connectivity index (χ0) is 13.6. The summed E-state index contributed by atoms with van der Waals surface area (Å²) in [6.07, 6.45) is 0. The van der Waals surface area contributed by atoms with Crippen LogP contribution in [0.5, 0.6) is 5.75 Å². The minimum Gasteiger partial charge on any atom is -0.488 e. The largest absolute Gasteiger partial charge is 0.488 e.